The van der Waals surface area contributed by atoms with Crippen LogP contribution in [-0.2, 0) is 34.0 Å². The van der Waals surface area contributed by atoms with Gasteiger partial charge in [-0.1, -0.05) is 6.07 Å². The van der Waals surface area contributed by atoms with Gasteiger partial charge in [0.2, 0.25) is 0 Å². The summed E-state index contributed by atoms with van der Waals surface area (Å²) in [5, 5.41) is 16.9. The summed E-state index contributed by atoms with van der Waals surface area (Å²) in [4.78, 5) is 50.8. The monoisotopic (exact) mass is 508 g/mol. The maximum Gasteiger partial charge on any atom is 0.414 e. The number of rotatable bonds is 8. The lowest BCUT2D eigenvalue weighted by atomic mass is 9.99. The standard InChI is InChI=1S/C21H30N4O3S.C2H2O4/c1-3-23-15(2)22-20(26)25(21(23)27)10-5-9-24-16-7-8-17(24)13-18(12-16)28-14-19-6-4-11-29-19;3-1(4)2(5)6/h4,6,11,16-18H,3,5,7-10,12-14H2,1-2H3;(H,3,4)(H,5,6). The first-order valence-corrected chi connectivity index (χ1v) is 12.6. The molecule has 2 aromatic rings. The Hall–Kier alpha value is -2.83. The van der Waals surface area contributed by atoms with Crippen LogP contribution in [0.1, 0.15) is 49.7 Å². The molecular formula is C23H32N4O7S. The molecule has 11 nitrogen and oxygen atoms in total. The summed E-state index contributed by atoms with van der Waals surface area (Å²) < 4.78 is 9.03. The van der Waals surface area contributed by atoms with Gasteiger partial charge in [-0.15, -0.1) is 11.3 Å². The van der Waals surface area contributed by atoms with E-state index >= 15 is 0 Å². The molecule has 0 aromatic carbocycles. The van der Waals surface area contributed by atoms with Gasteiger partial charge in [0.25, 0.3) is 0 Å². The molecule has 35 heavy (non-hydrogen) atoms. The number of ether oxygens (including phenoxy) is 1. The highest BCUT2D eigenvalue weighted by Crippen LogP contribution is 2.37. The van der Waals surface area contributed by atoms with Gasteiger partial charge in [-0.25, -0.2) is 23.7 Å². The molecule has 4 heterocycles. The van der Waals surface area contributed by atoms with E-state index < -0.39 is 17.6 Å². The van der Waals surface area contributed by atoms with E-state index in [4.69, 9.17) is 24.5 Å². The molecular weight excluding hydrogens is 476 g/mol. The zero-order chi connectivity index (χ0) is 25.5. The van der Waals surface area contributed by atoms with Crippen molar-refractivity contribution in [2.75, 3.05) is 6.54 Å². The van der Waals surface area contributed by atoms with Gasteiger partial charge in [-0.2, -0.15) is 4.98 Å². The molecule has 2 atom stereocenters. The first-order valence-electron chi connectivity index (χ1n) is 11.8. The number of hydrogen-bond acceptors (Lipinski definition) is 8. The third-order valence-corrected chi connectivity index (χ3v) is 7.37. The molecule has 0 spiro atoms. The van der Waals surface area contributed by atoms with Crippen LogP contribution in [0.15, 0.2) is 27.1 Å². The number of aliphatic carboxylic acids is 2. The number of piperidine rings is 1. The third-order valence-electron chi connectivity index (χ3n) is 6.52. The van der Waals surface area contributed by atoms with Crippen LogP contribution in [0.5, 0.6) is 0 Å². The number of aromatic nitrogens is 3. The van der Waals surface area contributed by atoms with E-state index in [0.717, 1.165) is 32.4 Å². The largest absolute Gasteiger partial charge is 0.473 e. The second-order valence-electron chi connectivity index (χ2n) is 8.69. The van der Waals surface area contributed by atoms with E-state index in [-0.39, 0.29) is 5.69 Å². The number of carbonyl (C=O) groups is 2. The number of hydrogen-bond donors (Lipinski definition) is 2. The number of thiophene rings is 1. The van der Waals surface area contributed by atoms with Crippen LogP contribution in [0.4, 0.5) is 0 Å². The van der Waals surface area contributed by atoms with Crippen molar-refractivity contribution in [3.05, 3.63) is 49.2 Å². The van der Waals surface area contributed by atoms with Crippen LogP contribution >= 0.6 is 11.3 Å². The van der Waals surface area contributed by atoms with Gasteiger partial charge < -0.3 is 14.9 Å². The van der Waals surface area contributed by atoms with Crippen LogP contribution in [0.2, 0.25) is 0 Å². The highest BCUT2D eigenvalue weighted by atomic mass is 32.1. The Morgan fingerprint density at radius 1 is 1.11 bits per heavy atom. The zero-order valence-corrected chi connectivity index (χ0v) is 20.8. The molecule has 2 aliphatic rings. The minimum atomic E-state index is -1.82. The first kappa shape index (κ1) is 26.8. The summed E-state index contributed by atoms with van der Waals surface area (Å²) in [6.45, 7) is 6.19. The maximum absolute atomic E-state index is 12.5. The normalized spacial score (nSPS) is 21.4. The fourth-order valence-electron chi connectivity index (χ4n) is 4.91. The van der Waals surface area contributed by atoms with Gasteiger partial charge in [0, 0.05) is 36.6 Å². The molecule has 2 saturated heterocycles. The molecule has 2 aliphatic heterocycles. The maximum atomic E-state index is 12.5. The lowest BCUT2D eigenvalue weighted by Gasteiger charge is -2.38. The summed E-state index contributed by atoms with van der Waals surface area (Å²) in [6.07, 6.45) is 5.73. The van der Waals surface area contributed by atoms with Gasteiger partial charge in [-0.05, 0) is 57.4 Å². The molecule has 2 fully saturated rings. The summed E-state index contributed by atoms with van der Waals surface area (Å²) in [5.41, 5.74) is -0.672. The molecule has 2 aromatic heterocycles. The molecule has 192 valence electrons. The SMILES string of the molecule is CCn1c(C)nc(=O)n(CCCN2C3CCC2CC(OCc2cccs2)C3)c1=O.O=C(O)C(=O)O. The van der Waals surface area contributed by atoms with Crippen molar-refractivity contribution < 1.29 is 24.5 Å². The van der Waals surface area contributed by atoms with Crippen LogP contribution in [-0.4, -0.2) is 65.9 Å². The lowest BCUT2D eigenvalue weighted by molar-refractivity contribution is -0.159. The van der Waals surface area contributed by atoms with Crippen molar-refractivity contribution in [2.45, 2.75) is 83.8 Å². The van der Waals surface area contributed by atoms with Crippen molar-refractivity contribution in [3.63, 3.8) is 0 Å². The molecule has 12 heteroatoms. The van der Waals surface area contributed by atoms with E-state index in [1.165, 1.54) is 22.3 Å². The Kier molecular flexibility index (Phi) is 9.35. The molecule has 4 rings (SSSR count). The van der Waals surface area contributed by atoms with E-state index in [1.54, 1.807) is 22.8 Å². The van der Waals surface area contributed by atoms with E-state index in [0.29, 0.717) is 37.1 Å². The molecule has 2 N–H and O–H groups in total. The van der Waals surface area contributed by atoms with E-state index in [9.17, 15) is 9.59 Å². The highest BCUT2D eigenvalue weighted by Gasteiger charge is 2.40. The fourth-order valence-corrected chi connectivity index (χ4v) is 5.54. The van der Waals surface area contributed by atoms with Crippen LogP contribution < -0.4 is 11.4 Å². The van der Waals surface area contributed by atoms with Gasteiger partial charge in [-0.3, -0.25) is 9.47 Å². The second-order valence-corrected chi connectivity index (χ2v) is 9.72. The second kappa shape index (κ2) is 12.2. The predicted octanol–water partition coefficient (Wildman–Crippen LogP) is 1.55. The van der Waals surface area contributed by atoms with Gasteiger partial charge >= 0.3 is 23.3 Å². The summed E-state index contributed by atoms with van der Waals surface area (Å²) in [5.74, 6) is -3.16. The fraction of sp³-hybridized carbons (Fsp3) is 0.609. The van der Waals surface area contributed by atoms with Crippen LogP contribution in [0, 0.1) is 6.92 Å². The lowest BCUT2D eigenvalue weighted by Crippen LogP contribution is -2.47. The average molecular weight is 509 g/mol. The zero-order valence-electron chi connectivity index (χ0n) is 20.0. The van der Waals surface area contributed by atoms with Crippen molar-refractivity contribution >= 4 is 23.3 Å². The van der Waals surface area contributed by atoms with Gasteiger partial charge in [0.05, 0.1) is 12.7 Å². The Morgan fingerprint density at radius 2 is 1.77 bits per heavy atom. The van der Waals surface area contributed by atoms with Gasteiger partial charge in [0.1, 0.15) is 5.82 Å². The number of aryl methyl sites for hydroxylation is 1. The number of carboxylic acid groups (broad SMARTS) is 2. The summed E-state index contributed by atoms with van der Waals surface area (Å²) in [6, 6.07) is 5.31. The van der Waals surface area contributed by atoms with E-state index in [2.05, 4.69) is 27.4 Å². The Morgan fingerprint density at radius 3 is 2.31 bits per heavy atom. The summed E-state index contributed by atoms with van der Waals surface area (Å²) >= 11 is 1.75. The van der Waals surface area contributed by atoms with Gasteiger partial charge in [0.15, 0.2) is 0 Å². The third kappa shape index (κ3) is 6.86. The Bertz CT molecular complexity index is 1100. The topological polar surface area (TPSA) is 144 Å². The molecule has 0 amide bonds. The minimum Gasteiger partial charge on any atom is -0.473 e. The van der Waals surface area contributed by atoms with Crippen molar-refractivity contribution in [1.82, 2.24) is 19.0 Å². The smallest absolute Gasteiger partial charge is 0.414 e. The van der Waals surface area contributed by atoms with Crippen LogP contribution in [0.25, 0.3) is 0 Å². The first-order chi connectivity index (χ1) is 16.7. The van der Waals surface area contributed by atoms with Crippen LogP contribution in [0.3, 0.4) is 0 Å². The molecule has 2 bridgehead atoms. The predicted molar refractivity (Wildman–Crippen MR) is 129 cm³/mol. The number of nitrogens with zero attached hydrogens (tertiary/aromatic N) is 4. The quantitative estimate of drug-likeness (QED) is 0.508. The van der Waals surface area contributed by atoms with Crippen molar-refractivity contribution in [1.29, 1.82) is 0 Å². The molecule has 0 saturated carbocycles. The Balaban J connectivity index is 0.000000509. The highest BCUT2D eigenvalue weighted by molar-refractivity contribution is 7.09. The minimum absolute atomic E-state index is 0.242. The molecule has 2 unspecified atom stereocenters. The van der Waals surface area contributed by atoms with E-state index in [1.807, 2.05) is 6.92 Å². The van der Waals surface area contributed by atoms with Crippen molar-refractivity contribution in [2.24, 2.45) is 0 Å². The van der Waals surface area contributed by atoms with Crippen molar-refractivity contribution in [3.8, 4) is 0 Å². The number of fused-ring (bicyclic) bond motifs is 2. The molecule has 0 radical (unpaired) electrons. The molecule has 0 aliphatic carbocycles. The number of carboxylic acids is 2. The average Bonchev–Trinajstić information content (AvgIpc) is 3.40. The Labute approximate surface area is 206 Å². The summed E-state index contributed by atoms with van der Waals surface area (Å²) in [7, 11) is 0.